The highest BCUT2D eigenvalue weighted by Crippen LogP contribution is 2.77. The number of fused-ring (bicyclic) bond motifs is 5. The van der Waals surface area contributed by atoms with Crippen LogP contribution in [0.5, 0.6) is 0 Å². The Morgan fingerprint density at radius 1 is 1.08 bits per heavy atom. The number of hydrogen-bond acceptors (Lipinski definition) is 8. The number of aliphatic hydroxyl groups excluding tert-OH is 1. The minimum atomic E-state index is -1.92. The lowest BCUT2D eigenvalue weighted by molar-refractivity contribution is -0.229. The molecule has 0 aromatic carbocycles. The predicted octanol–water partition coefficient (Wildman–Crippen LogP) is 2.63. The predicted molar refractivity (Wildman–Crippen MR) is 130 cm³/mol. The number of Topliss-reactive ketones (excluding diaryl/α,β-unsaturated/α-hetero) is 1. The molecule has 4 aliphatic carbocycles. The summed E-state index contributed by atoms with van der Waals surface area (Å²) in [7, 11) is 0. The van der Waals surface area contributed by atoms with E-state index in [1.807, 2.05) is 27.7 Å². The number of ether oxygens (including phenoxy) is 2. The quantitative estimate of drug-likeness (QED) is 0.356. The van der Waals surface area contributed by atoms with E-state index in [2.05, 4.69) is 0 Å². The lowest BCUT2D eigenvalue weighted by atomic mass is 9.59. The minimum absolute atomic E-state index is 0.109. The van der Waals surface area contributed by atoms with Gasteiger partial charge in [0, 0.05) is 48.3 Å². The highest BCUT2D eigenvalue weighted by Gasteiger charge is 2.87. The monoisotopic (exact) mass is 504 g/mol. The first kappa shape index (κ1) is 27.0. The van der Waals surface area contributed by atoms with Crippen molar-refractivity contribution < 1.29 is 39.2 Å². The van der Waals surface area contributed by atoms with Gasteiger partial charge in [0.15, 0.2) is 11.4 Å². The van der Waals surface area contributed by atoms with Crippen molar-refractivity contribution in [1.29, 1.82) is 0 Å². The fourth-order valence-electron chi connectivity index (χ4n) is 7.67. The highest BCUT2D eigenvalue weighted by atomic mass is 16.6. The minimum Gasteiger partial charge on any atom is -0.458 e. The van der Waals surface area contributed by atoms with E-state index in [9.17, 15) is 29.7 Å². The molecule has 0 aliphatic heterocycles. The van der Waals surface area contributed by atoms with Gasteiger partial charge >= 0.3 is 11.9 Å². The van der Waals surface area contributed by atoms with Gasteiger partial charge in [0.25, 0.3) is 0 Å². The molecule has 200 valence electrons. The molecule has 3 N–H and O–H groups in total. The molecule has 0 spiro atoms. The van der Waals surface area contributed by atoms with E-state index in [1.165, 1.54) is 0 Å². The van der Waals surface area contributed by atoms with Crippen molar-refractivity contribution in [2.75, 3.05) is 6.61 Å². The van der Waals surface area contributed by atoms with Gasteiger partial charge in [-0.3, -0.25) is 14.4 Å². The molecule has 0 radical (unpaired) electrons. The van der Waals surface area contributed by atoms with Crippen molar-refractivity contribution in [3.05, 3.63) is 23.3 Å². The van der Waals surface area contributed by atoms with Crippen LogP contribution in [0, 0.1) is 29.1 Å². The Morgan fingerprint density at radius 3 is 2.28 bits per heavy atom. The van der Waals surface area contributed by atoms with Gasteiger partial charge in [-0.2, -0.15) is 0 Å². The van der Waals surface area contributed by atoms with Crippen LogP contribution < -0.4 is 0 Å². The topological polar surface area (TPSA) is 130 Å². The largest absolute Gasteiger partial charge is 0.458 e. The summed E-state index contributed by atoms with van der Waals surface area (Å²) in [5.41, 5.74) is -4.69. The van der Waals surface area contributed by atoms with Gasteiger partial charge in [0.1, 0.15) is 11.7 Å². The molecule has 2 fully saturated rings. The van der Waals surface area contributed by atoms with E-state index in [1.54, 1.807) is 26.0 Å². The van der Waals surface area contributed by atoms with Crippen LogP contribution in [-0.4, -0.2) is 62.6 Å². The van der Waals surface area contributed by atoms with E-state index >= 15 is 0 Å². The van der Waals surface area contributed by atoms with Crippen LogP contribution in [0.25, 0.3) is 0 Å². The van der Waals surface area contributed by atoms with Gasteiger partial charge in [0.05, 0.1) is 12.2 Å². The number of carbonyl (C=O) groups is 3. The molecule has 0 aromatic rings. The number of esters is 2. The van der Waals surface area contributed by atoms with E-state index < -0.39 is 69.7 Å². The highest BCUT2D eigenvalue weighted by molar-refractivity contribution is 6.04. The maximum atomic E-state index is 13.2. The number of carbonyl (C=O) groups excluding carboxylic acids is 3. The van der Waals surface area contributed by atoms with Crippen molar-refractivity contribution in [1.82, 2.24) is 0 Å². The molecule has 8 nitrogen and oxygen atoms in total. The maximum absolute atomic E-state index is 13.2. The molecule has 2 saturated carbocycles. The Kier molecular flexibility index (Phi) is 6.59. The average molecular weight is 505 g/mol. The van der Waals surface area contributed by atoms with Gasteiger partial charge in [-0.25, -0.2) is 0 Å². The van der Waals surface area contributed by atoms with Crippen LogP contribution >= 0.6 is 0 Å². The van der Waals surface area contributed by atoms with Gasteiger partial charge in [-0.15, -0.1) is 0 Å². The fraction of sp³-hybridized carbons (Fsp3) is 0.750. The molecular weight excluding hydrogens is 464 g/mol. The zero-order valence-corrected chi connectivity index (χ0v) is 22.2. The first-order valence-corrected chi connectivity index (χ1v) is 13.2. The molecule has 4 rings (SSSR count). The van der Waals surface area contributed by atoms with Crippen LogP contribution in [0.15, 0.2) is 23.3 Å². The number of rotatable bonds is 7. The zero-order chi connectivity index (χ0) is 26.8. The van der Waals surface area contributed by atoms with Crippen molar-refractivity contribution >= 4 is 17.7 Å². The second-order valence-electron chi connectivity index (χ2n) is 11.8. The third-order valence-corrected chi connectivity index (χ3v) is 9.41. The molecule has 0 bridgehead atoms. The van der Waals surface area contributed by atoms with Gasteiger partial charge in [0.2, 0.25) is 0 Å². The van der Waals surface area contributed by atoms with Crippen molar-refractivity contribution in [3.63, 3.8) is 0 Å². The summed E-state index contributed by atoms with van der Waals surface area (Å²) >= 11 is 0. The summed E-state index contributed by atoms with van der Waals surface area (Å²) in [6.45, 7) is 10.6. The Hall–Kier alpha value is -2.03. The number of ketones is 1. The second-order valence-corrected chi connectivity index (χ2v) is 11.8. The van der Waals surface area contributed by atoms with Crippen LogP contribution in [-0.2, 0) is 23.9 Å². The summed E-state index contributed by atoms with van der Waals surface area (Å²) in [5.74, 6) is -4.22. The van der Waals surface area contributed by atoms with E-state index in [-0.39, 0.29) is 25.9 Å². The van der Waals surface area contributed by atoms with E-state index in [0.29, 0.717) is 24.0 Å². The second kappa shape index (κ2) is 8.77. The lowest BCUT2D eigenvalue weighted by Gasteiger charge is -2.53. The summed E-state index contributed by atoms with van der Waals surface area (Å²) in [5, 5.41) is 34.5. The maximum Gasteiger partial charge on any atom is 0.306 e. The fourth-order valence-corrected chi connectivity index (χ4v) is 7.67. The van der Waals surface area contributed by atoms with Crippen LogP contribution in [0.1, 0.15) is 73.6 Å². The normalized spacial score (nSPS) is 42.2. The third-order valence-electron chi connectivity index (χ3n) is 9.41. The summed E-state index contributed by atoms with van der Waals surface area (Å²) < 4.78 is 12.2. The molecule has 0 aromatic heterocycles. The SMILES string of the molecule is CCCC(=O)O[C@@H]1C(C)C2(O)C3C=C(C)C(=O)[C@@]3(O)CC(CO)=C[C@H]2C2C(C)(C)C21OC(=O)CCC. The van der Waals surface area contributed by atoms with Crippen molar-refractivity contribution in [2.45, 2.75) is 96.6 Å². The summed E-state index contributed by atoms with van der Waals surface area (Å²) in [6, 6.07) is 0. The Balaban J connectivity index is 1.92. The summed E-state index contributed by atoms with van der Waals surface area (Å²) in [6.07, 6.45) is 3.85. The molecule has 36 heavy (non-hydrogen) atoms. The van der Waals surface area contributed by atoms with Crippen molar-refractivity contribution in [3.8, 4) is 0 Å². The summed E-state index contributed by atoms with van der Waals surface area (Å²) in [4.78, 5) is 38.8. The Bertz CT molecular complexity index is 1030. The first-order chi connectivity index (χ1) is 16.8. The zero-order valence-electron chi connectivity index (χ0n) is 22.2. The van der Waals surface area contributed by atoms with E-state index in [4.69, 9.17) is 9.47 Å². The average Bonchev–Trinajstić information content (AvgIpc) is 3.23. The molecule has 0 heterocycles. The van der Waals surface area contributed by atoms with Gasteiger partial charge < -0.3 is 24.8 Å². The smallest absolute Gasteiger partial charge is 0.306 e. The number of hydrogen-bond donors (Lipinski definition) is 3. The first-order valence-electron chi connectivity index (χ1n) is 13.2. The Labute approximate surface area is 212 Å². The van der Waals surface area contributed by atoms with Crippen LogP contribution in [0.4, 0.5) is 0 Å². The number of aliphatic hydroxyl groups is 3. The van der Waals surface area contributed by atoms with Crippen molar-refractivity contribution in [2.24, 2.45) is 29.1 Å². The van der Waals surface area contributed by atoms with Crippen LogP contribution in [0.3, 0.4) is 0 Å². The molecule has 0 saturated heterocycles. The standard InChI is InChI=1S/C28H40O8/c1-7-9-20(30)35-24-16(4)27(34)18(22-25(5,6)28(22,24)36-21(31)10-8-2)12-17(14-29)13-26(33)19(27)11-15(3)23(26)32/h11-12,16,18-19,22,24,29,33-34H,7-10,13-14H2,1-6H3/t16?,18-,19?,22?,24+,26+,27?,28?/m0/s1. The third kappa shape index (κ3) is 3.40. The van der Waals surface area contributed by atoms with Gasteiger partial charge in [-0.05, 0) is 30.9 Å². The molecule has 8 heteroatoms. The van der Waals surface area contributed by atoms with Gasteiger partial charge in [-0.1, -0.05) is 46.8 Å². The molecule has 0 amide bonds. The molecule has 5 unspecified atom stereocenters. The van der Waals surface area contributed by atoms with Crippen LogP contribution in [0.2, 0.25) is 0 Å². The molecular formula is C28H40O8. The molecule has 4 aliphatic rings. The molecule has 8 atom stereocenters. The Morgan fingerprint density at radius 2 is 1.69 bits per heavy atom. The lowest BCUT2D eigenvalue weighted by Crippen LogP contribution is -2.66. The van der Waals surface area contributed by atoms with E-state index in [0.717, 1.165) is 0 Å².